The molecule has 1 heterocycles. The maximum atomic E-state index is 13.7. The third kappa shape index (κ3) is 3.18. The zero-order valence-electron chi connectivity index (χ0n) is 10.2. The van der Waals surface area contributed by atoms with E-state index in [1.54, 1.807) is 12.1 Å². The molecule has 1 fully saturated rings. The lowest BCUT2D eigenvalue weighted by Gasteiger charge is -2.36. The summed E-state index contributed by atoms with van der Waals surface area (Å²) in [6, 6.07) is 5.73. The fourth-order valence-electron chi connectivity index (χ4n) is 2.48. The Bertz CT molecular complexity index is 367. The SMILES string of the molecule is C[C@H]1CN(Cc2c(F)cccc2Cl)C[C@H](C)N1. The van der Waals surface area contributed by atoms with Crippen LogP contribution in [0, 0.1) is 5.82 Å². The molecule has 2 rings (SSSR count). The molecule has 1 aliphatic rings. The Morgan fingerprint density at radius 1 is 1.35 bits per heavy atom. The van der Waals surface area contributed by atoms with Gasteiger partial charge in [0, 0.05) is 42.3 Å². The maximum absolute atomic E-state index is 13.7. The van der Waals surface area contributed by atoms with E-state index in [-0.39, 0.29) is 5.82 Å². The molecule has 0 spiro atoms. The molecule has 1 N–H and O–H groups in total. The Morgan fingerprint density at radius 3 is 2.59 bits per heavy atom. The molecule has 0 unspecified atom stereocenters. The fraction of sp³-hybridized carbons (Fsp3) is 0.538. The minimum atomic E-state index is -0.212. The van der Waals surface area contributed by atoms with Crippen molar-refractivity contribution in [3.05, 3.63) is 34.6 Å². The van der Waals surface area contributed by atoms with Crippen molar-refractivity contribution in [1.82, 2.24) is 10.2 Å². The highest BCUT2D eigenvalue weighted by Gasteiger charge is 2.22. The Labute approximate surface area is 107 Å². The lowest BCUT2D eigenvalue weighted by Crippen LogP contribution is -2.53. The second-order valence-corrected chi connectivity index (χ2v) is 5.27. The minimum Gasteiger partial charge on any atom is -0.309 e. The van der Waals surface area contributed by atoms with E-state index in [1.807, 2.05) is 0 Å². The monoisotopic (exact) mass is 256 g/mol. The summed E-state index contributed by atoms with van der Waals surface area (Å²) in [5.41, 5.74) is 0.607. The predicted molar refractivity (Wildman–Crippen MR) is 68.7 cm³/mol. The number of hydrogen-bond donors (Lipinski definition) is 1. The van der Waals surface area contributed by atoms with E-state index in [9.17, 15) is 4.39 Å². The fourth-order valence-corrected chi connectivity index (χ4v) is 2.70. The van der Waals surface area contributed by atoms with Crippen molar-refractivity contribution >= 4 is 11.6 Å². The smallest absolute Gasteiger partial charge is 0.129 e. The molecule has 1 aliphatic heterocycles. The van der Waals surface area contributed by atoms with E-state index in [0.29, 0.717) is 29.2 Å². The molecule has 94 valence electrons. The van der Waals surface area contributed by atoms with Crippen molar-refractivity contribution in [2.45, 2.75) is 32.5 Å². The van der Waals surface area contributed by atoms with E-state index < -0.39 is 0 Å². The summed E-state index contributed by atoms with van der Waals surface area (Å²) in [4.78, 5) is 2.25. The number of benzene rings is 1. The van der Waals surface area contributed by atoms with Gasteiger partial charge in [-0.15, -0.1) is 0 Å². The van der Waals surface area contributed by atoms with Crippen molar-refractivity contribution in [2.24, 2.45) is 0 Å². The Hall–Kier alpha value is -0.640. The van der Waals surface area contributed by atoms with Crippen LogP contribution in [0.5, 0.6) is 0 Å². The standard InChI is InChI=1S/C13H18ClFN2/c1-9-6-17(7-10(2)16-9)8-11-12(14)4-3-5-13(11)15/h3-5,9-10,16H,6-8H2,1-2H3/t9-,10-/m0/s1. The molecule has 17 heavy (non-hydrogen) atoms. The highest BCUT2D eigenvalue weighted by molar-refractivity contribution is 6.31. The molecular formula is C13H18ClFN2. The van der Waals surface area contributed by atoms with Crippen LogP contribution in [0.1, 0.15) is 19.4 Å². The molecule has 0 amide bonds. The summed E-state index contributed by atoms with van der Waals surface area (Å²) in [5.74, 6) is -0.212. The lowest BCUT2D eigenvalue weighted by atomic mass is 10.1. The van der Waals surface area contributed by atoms with Crippen LogP contribution in [0.3, 0.4) is 0 Å². The molecule has 1 saturated heterocycles. The molecule has 0 saturated carbocycles. The van der Waals surface area contributed by atoms with Gasteiger partial charge in [-0.1, -0.05) is 17.7 Å². The first kappa shape index (κ1) is 12.8. The summed E-state index contributed by atoms with van der Waals surface area (Å²) >= 11 is 6.04. The van der Waals surface area contributed by atoms with Crippen LogP contribution < -0.4 is 5.32 Å². The minimum absolute atomic E-state index is 0.212. The van der Waals surface area contributed by atoms with Crippen LogP contribution in [0.2, 0.25) is 5.02 Å². The van der Waals surface area contributed by atoms with E-state index in [4.69, 9.17) is 11.6 Å². The van der Waals surface area contributed by atoms with Gasteiger partial charge in [0.15, 0.2) is 0 Å². The van der Waals surface area contributed by atoms with Crippen LogP contribution in [0.15, 0.2) is 18.2 Å². The Morgan fingerprint density at radius 2 is 2.00 bits per heavy atom. The third-order valence-electron chi connectivity index (χ3n) is 3.08. The molecule has 0 radical (unpaired) electrons. The normalized spacial score (nSPS) is 26.1. The molecule has 2 nitrogen and oxygen atoms in total. The van der Waals surface area contributed by atoms with E-state index in [1.165, 1.54) is 6.07 Å². The molecule has 4 heteroatoms. The molecule has 1 aromatic carbocycles. The van der Waals surface area contributed by atoms with Crippen molar-refractivity contribution in [1.29, 1.82) is 0 Å². The number of rotatable bonds is 2. The van der Waals surface area contributed by atoms with Gasteiger partial charge < -0.3 is 5.32 Å². The van der Waals surface area contributed by atoms with Crippen molar-refractivity contribution in [3.63, 3.8) is 0 Å². The van der Waals surface area contributed by atoms with Gasteiger partial charge in [0.2, 0.25) is 0 Å². The van der Waals surface area contributed by atoms with Crippen molar-refractivity contribution < 1.29 is 4.39 Å². The van der Waals surface area contributed by atoms with Gasteiger partial charge >= 0.3 is 0 Å². The number of nitrogens with zero attached hydrogens (tertiary/aromatic N) is 1. The van der Waals surface area contributed by atoms with Crippen LogP contribution in [-0.2, 0) is 6.54 Å². The number of hydrogen-bond acceptors (Lipinski definition) is 2. The van der Waals surface area contributed by atoms with E-state index in [0.717, 1.165) is 13.1 Å². The Balaban J connectivity index is 2.10. The van der Waals surface area contributed by atoms with E-state index >= 15 is 0 Å². The zero-order valence-corrected chi connectivity index (χ0v) is 11.0. The average Bonchev–Trinajstić information content (AvgIpc) is 2.22. The largest absolute Gasteiger partial charge is 0.309 e. The van der Waals surface area contributed by atoms with Gasteiger partial charge in [0.05, 0.1) is 0 Å². The molecule has 0 aliphatic carbocycles. The predicted octanol–water partition coefficient (Wildman–Crippen LogP) is 2.66. The third-order valence-corrected chi connectivity index (χ3v) is 3.43. The average molecular weight is 257 g/mol. The van der Waals surface area contributed by atoms with Crippen LogP contribution >= 0.6 is 11.6 Å². The lowest BCUT2D eigenvalue weighted by molar-refractivity contribution is 0.165. The first-order valence-corrected chi connectivity index (χ1v) is 6.35. The number of halogens is 2. The van der Waals surface area contributed by atoms with E-state index in [2.05, 4.69) is 24.1 Å². The van der Waals surface area contributed by atoms with Gasteiger partial charge in [-0.2, -0.15) is 0 Å². The van der Waals surface area contributed by atoms with Gasteiger partial charge in [0.1, 0.15) is 5.82 Å². The molecule has 2 atom stereocenters. The molecule has 1 aromatic rings. The number of piperazine rings is 1. The molecule has 0 aromatic heterocycles. The quantitative estimate of drug-likeness (QED) is 0.875. The maximum Gasteiger partial charge on any atom is 0.129 e. The van der Waals surface area contributed by atoms with Crippen molar-refractivity contribution in [2.75, 3.05) is 13.1 Å². The van der Waals surface area contributed by atoms with Gasteiger partial charge in [-0.25, -0.2) is 4.39 Å². The highest BCUT2D eigenvalue weighted by atomic mass is 35.5. The first-order chi connectivity index (χ1) is 8.06. The summed E-state index contributed by atoms with van der Waals surface area (Å²) < 4.78 is 13.7. The topological polar surface area (TPSA) is 15.3 Å². The summed E-state index contributed by atoms with van der Waals surface area (Å²) in [6.45, 7) is 6.73. The van der Waals surface area contributed by atoms with Crippen LogP contribution in [0.4, 0.5) is 4.39 Å². The van der Waals surface area contributed by atoms with Crippen molar-refractivity contribution in [3.8, 4) is 0 Å². The van der Waals surface area contributed by atoms with Gasteiger partial charge in [-0.05, 0) is 26.0 Å². The zero-order chi connectivity index (χ0) is 12.4. The number of nitrogens with one attached hydrogen (secondary N) is 1. The summed E-state index contributed by atoms with van der Waals surface area (Å²) in [7, 11) is 0. The summed E-state index contributed by atoms with van der Waals surface area (Å²) in [6.07, 6.45) is 0. The highest BCUT2D eigenvalue weighted by Crippen LogP contribution is 2.21. The first-order valence-electron chi connectivity index (χ1n) is 5.97. The van der Waals surface area contributed by atoms with Gasteiger partial charge in [0.25, 0.3) is 0 Å². The Kier molecular flexibility index (Phi) is 4.02. The molecule has 0 bridgehead atoms. The molecular weight excluding hydrogens is 239 g/mol. The van der Waals surface area contributed by atoms with Crippen LogP contribution in [0.25, 0.3) is 0 Å². The second kappa shape index (κ2) is 5.34. The van der Waals surface area contributed by atoms with Gasteiger partial charge in [-0.3, -0.25) is 4.90 Å². The second-order valence-electron chi connectivity index (χ2n) is 4.86. The summed E-state index contributed by atoms with van der Waals surface area (Å²) in [5, 5.41) is 3.97. The van der Waals surface area contributed by atoms with Crippen LogP contribution in [-0.4, -0.2) is 30.1 Å².